The number of hydrogen-bond donors (Lipinski definition) is 0. The molecule has 3 aromatic rings. The summed E-state index contributed by atoms with van der Waals surface area (Å²) in [5.41, 5.74) is 0.856. The number of amides is 1. The lowest BCUT2D eigenvalue weighted by molar-refractivity contribution is -0.133. The van der Waals surface area contributed by atoms with Gasteiger partial charge in [0, 0.05) is 56.0 Å². The summed E-state index contributed by atoms with van der Waals surface area (Å²) in [6.07, 6.45) is 0.840. The largest absolute Gasteiger partial charge is 0.497 e. The van der Waals surface area contributed by atoms with E-state index in [2.05, 4.69) is 32.6 Å². The second kappa shape index (κ2) is 9.19. The van der Waals surface area contributed by atoms with Gasteiger partial charge in [-0.25, -0.2) is 0 Å². The summed E-state index contributed by atoms with van der Waals surface area (Å²) in [5.74, 6) is 1.93. The molecule has 1 amide bonds. The van der Waals surface area contributed by atoms with E-state index in [0.29, 0.717) is 24.6 Å². The highest BCUT2D eigenvalue weighted by molar-refractivity contribution is 7.09. The summed E-state index contributed by atoms with van der Waals surface area (Å²) < 4.78 is 10.5. The van der Waals surface area contributed by atoms with E-state index in [1.807, 2.05) is 29.2 Å². The molecule has 1 aliphatic rings. The number of hydrogen-bond acceptors (Lipinski definition) is 7. The van der Waals surface area contributed by atoms with Gasteiger partial charge in [0.15, 0.2) is 0 Å². The van der Waals surface area contributed by atoms with Crippen LogP contribution < -0.4 is 4.74 Å². The molecule has 3 heterocycles. The van der Waals surface area contributed by atoms with Crippen molar-refractivity contribution < 1.29 is 14.1 Å². The summed E-state index contributed by atoms with van der Waals surface area (Å²) in [7, 11) is 1.63. The summed E-state index contributed by atoms with van der Waals surface area (Å²) in [6.45, 7) is 4.32. The maximum atomic E-state index is 12.5. The van der Waals surface area contributed by atoms with Gasteiger partial charge in [-0.2, -0.15) is 4.98 Å². The molecule has 1 aliphatic heterocycles. The Morgan fingerprint density at radius 3 is 2.66 bits per heavy atom. The van der Waals surface area contributed by atoms with Crippen LogP contribution in [0.3, 0.4) is 0 Å². The molecule has 8 heteroatoms. The van der Waals surface area contributed by atoms with Crippen LogP contribution in [-0.4, -0.2) is 59.1 Å². The molecule has 1 saturated heterocycles. The molecular weight excluding hydrogens is 388 g/mol. The number of ether oxygens (including phenoxy) is 1. The Balaban J connectivity index is 1.24. The molecule has 0 N–H and O–H groups in total. The molecule has 0 aliphatic carbocycles. The minimum Gasteiger partial charge on any atom is -0.497 e. The fraction of sp³-hybridized carbons (Fsp3) is 0.381. The lowest BCUT2D eigenvalue weighted by Crippen LogP contribution is -2.48. The second-order valence-corrected chi connectivity index (χ2v) is 8.01. The molecule has 2 aromatic heterocycles. The van der Waals surface area contributed by atoms with E-state index in [-0.39, 0.29) is 5.91 Å². The molecule has 4 rings (SSSR count). The number of piperazine rings is 1. The van der Waals surface area contributed by atoms with Gasteiger partial charge in [0.05, 0.1) is 7.11 Å². The van der Waals surface area contributed by atoms with E-state index in [0.717, 1.165) is 44.0 Å². The number of nitrogens with zero attached hydrogens (tertiary/aromatic N) is 4. The Morgan fingerprint density at radius 1 is 1.17 bits per heavy atom. The summed E-state index contributed by atoms with van der Waals surface area (Å²) >= 11 is 1.78. The molecule has 0 saturated carbocycles. The molecule has 152 valence electrons. The Labute approximate surface area is 173 Å². The monoisotopic (exact) mass is 412 g/mol. The fourth-order valence-electron chi connectivity index (χ4n) is 3.36. The molecule has 1 aromatic carbocycles. The Morgan fingerprint density at radius 2 is 1.97 bits per heavy atom. The van der Waals surface area contributed by atoms with Gasteiger partial charge in [-0.3, -0.25) is 9.69 Å². The van der Waals surface area contributed by atoms with Gasteiger partial charge in [-0.15, -0.1) is 11.3 Å². The van der Waals surface area contributed by atoms with E-state index in [1.165, 1.54) is 4.88 Å². The van der Waals surface area contributed by atoms with Crippen molar-refractivity contribution in [3.05, 3.63) is 52.5 Å². The average molecular weight is 413 g/mol. The molecule has 0 spiro atoms. The van der Waals surface area contributed by atoms with Gasteiger partial charge in [0.1, 0.15) is 5.75 Å². The third-order valence-electron chi connectivity index (χ3n) is 5.05. The number of aryl methyl sites for hydroxylation is 1. The van der Waals surface area contributed by atoms with Gasteiger partial charge >= 0.3 is 0 Å². The summed E-state index contributed by atoms with van der Waals surface area (Å²) in [5, 5.41) is 6.12. The van der Waals surface area contributed by atoms with Crippen LogP contribution in [0.15, 0.2) is 46.3 Å². The number of thiophene rings is 1. The van der Waals surface area contributed by atoms with Crippen molar-refractivity contribution in [3.63, 3.8) is 0 Å². The van der Waals surface area contributed by atoms with Gasteiger partial charge in [-0.1, -0.05) is 11.2 Å². The van der Waals surface area contributed by atoms with Crippen LogP contribution in [0.25, 0.3) is 11.4 Å². The zero-order valence-corrected chi connectivity index (χ0v) is 17.2. The van der Waals surface area contributed by atoms with Crippen LogP contribution in [-0.2, 0) is 17.8 Å². The first-order valence-electron chi connectivity index (χ1n) is 9.71. The highest BCUT2D eigenvalue weighted by atomic mass is 32.1. The van der Waals surface area contributed by atoms with Crippen LogP contribution in [0.2, 0.25) is 0 Å². The fourth-order valence-corrected chi connectivity index (χ4v) is 4.11. The molecule has 0 unspecified atom stereocenters. The SMILES string of the molecule is COc1ccc(-c2noc(CCC(=O)N3CCN(Cc4cccs4)CC3)n2)cc1. The Kier molecular flexibility index (Phi) is 6.21. The molecule has 0 atom stereocenters. The maximum absolute atomic E-state index is 12.5. The maximum Gasteiger partial charge on any atom is 0.227 e. The van der Waals surface area contributed by atoms with E-state index in [4.69, 9.17) is 9.26 Å². The first-order valence-corrected chi connectivity index (χ1v) is 10.6. The van der Waals surface area contributed by atoms with Gasteiger partial charge in [-0.05, 0) is 35.7 Å². The topological polar surface area (TPSA) is 71.7 Å². The van der Waals surface area contributed by atoms with Gasteiger partial charge in [0.2, 0.25) is 17.6 Å². The van der Waals surface area contributed by atoms with Crippen LogP contribution in [0.1, 0.15) is 17.2 Å². The lowest BCUT2D eigenvalue weighted by Gasteiger charge is -2.34. The number of rotatable bonds is 7. The quantitative estimate of drug-likeness (QED) is 0.594. The predicted molar refractivity (Wildman–Crippen MR) is 111 cm³/mol. The van der Waals surface area contributed by atoms with Crippen LogP contribution in [0, 0.1) is 0 Å². The molecule has 29 heavy (non-hydrogen) atoms. The molecule has 0 bridgehead atoms. The zero-order valence-electron chi connectivity index (χ0n) is 16.4. The Bertz CT molecular complexity index is 916. The standard InChI is InChI=1S/C21H24N4O3S/c1-27-17-6-4-16(5-7-17)21-22-19(28-23-21)8-9-20(26)25-12-10-24(11-13-25)15-18-3-2-14-29-18/h2-7,14H,8-13,15H2,1H3. The Hall–Kier alpha value is -2.71. The van der Waals surface area contributed by atoms with Crippen LogP contribution >= 0.6 is 11.3 Å². The first-order chi connectivity index (χ1) is 14.2. The molecule has 1 fully saturated rings. The van der Waals surface area contributed by atoms with Crippen molar-refractivity contribution in [3.8, 4) is 17.1 Å². The molecular formula is C21H24N4O3S. The van der Waals surface area contributed by atoms with E-state index in [9.17, 15) is 4.79 Å². The normalized spacial score (nSPS) is 14.9. The third kappa shape index (κ3) is 5.02. The van der Waals surface area contributed by atoms with Crippen LogP contribution in [0.5, 0.6) is 5.75 Å². The number of benzene rings is 1. The smallest absolute Gasteiger partial charge is 0.227 e. The third-order valence-corrected chi connectivity index (χ3v) is 5.91. The minimum atomic E-state index is 0.143. The molecule has 0 radical (unpaired) electrons. The predicted octanol–water partition coefficient (Wildman–Crippen LogP) is 3.08. The van der Waals surface area contributed by atoms with Crippen molar-refractivity contribution >= 4 is 17.2 Å². The molecule has 7 nitrogen and oxygen atoms in total. The first kappa shape index (κ1) is 19.6. The number of methoxy groups -OCH3 is 1. The van der Waals surface area contributed by atoms with E-state index >= 15 is 0 Å². The van der Waals surface area contributed by atoms with Crippen LogP contribution in [0.4, 0.5) is 0 Å². The average Bonchev–Trinajstić information content (AvgIpc) is 3.45. The van der Waals surface area contributed by atoms with Gasteiger partial charge < -0.3 is 14.2 Å². The van der Waals surface area contributed by atoms with E-state index < -0.39 is 0 Å². The van der Waals surface area contributed by atoms with Gasteiger partial charge in [0.25, 0.3) is 0 Å². The summed E-state index contributed by atoms with van der Waals surface area (Å²) in [4.78, 5) is 22.7. The number of carbonyl (C=O) groups excluding carboxylic acids is 1. The lowest BCUT2D eigenvalue weighted by atomic mass is 10.2. The van der Waals surface area contributed by atoms with Crippen molar-refractivity contribution in [2.45, 2.75) is 19.4 Å². The van der Waals surface area contributed by atoms with Crippen molar-refractivity contribution in [2.24, 2.45) is 0 Å². The van der Waals surface area contributed by atoms with Crippen molar-refractivity contribution in [1.82, 2.24) is 19.9 Å². The second-order valence-electron chi connectivity index (χ2n) is 6.98. The minimum absolute atomic E-state index is 0.143. The zero-order chi connectivity index (χ0) is 20.1. The van der Waals surface area contributed by atoms with Crippen molar-refractivity contribution in [2.75, 3.05) is 33.3 Å². The number of carbonyl (C=O) groups is 1. The van der Waals surface area contributed by atoms with Crippen molar-refractivity contribution in [1.29, 1.82) is 0 Å². The van der Waals surface area contributed by atoms with E-state index in [1.54, 1.807) is 18.4 Å². The summed E-state index contributed by atoms with van der Waals surface area (Å²) in [6, 6.07) is 11.7. The number of aromatic nitrogens is 2. The highest BCUT2D eigenvalue weighted by Crippen LogP contribution is 2.20. The highest BCUT2D eigenvalue weighted by Gasteiger charge is 2.22.